The third-order valence-corrected chi connectivity index (χ3v) is 3.82. The van der Waals surface area contributed by atoms with Crippen molar-refractivity contribution in [2.45, 2.75) is 20.3 Å². The number of nitrogens with one attached hydrogen (secondary N) is 1. The predicted molar refractivity (Wildman–Crippen MR) is 99.5 cm³/mol. The van der Waals surface area contributed by atoms with Crippen molar-refractivity contribution in [3.63, 3.8) is 0 Å². The average molecular weight is 356 g/mol. The van der Waals surface area contributed by atoms with Gasteiger partial charge in [0, 0.05) is 0 Å². The van der Waals surface area contributed by atoms with Crippen LogP contribution in [0.5, 0.6) is 5.75 Å². The van der Waals surface area contributed by atoms with E-state index in [-0.39, 0.29) is 0 Å². The highest BCUT2D eigenvalue weighted by molar-refractivity contribution is 7.71. The molecule has 0 radical (unpaired) electrons. The summed E-state index contributed by atoms with van der Waals surface area (Å²) in [5.74, 6) is 2.61. The first-order valence-corrected chi connectivity index (χ1v) is 8.53. The molecule has 130 valence electrons. The largest absolute Gasteiger partial charge is 0.494 e. The summed E-state index contributed by atoms with van der Waals surface area (Å²) in [4.78, 5) is 0. The molecule has 3 rings (SSSR count). The molecule has 3 aromatic rings. The van der Waals surface area contributed by atoms with Gasteiger partial charge in [0.05, 0.1) is 19.1 Å². The van der Waals surface area contributed by atoms with Gasteiger partial charge < -0.3 is 9.15 Å². The number of H-pyrrole nitrogens is 1. The zero-order valence-corrected chi connectivity index (χ0v) is 15.0. The van der Waals surface area contributed by atoms with E-state index in [0.29, 0.717) is 22.3 Å². The minimum absolute atomic E-state index is 0.399. The van der Waals surface area contributed by atoms with Crippen LogP contribution in [0.2, 0.25) is 0 Å². The molecule has 1 N–H and O–H groups in total. The number of ether oxygens (including phenoxy) is 1. The summed E-state index contributed by atoms with van der Waals surface area (Å²) >= 11 is 5.22. The van der Waals surface area contributed by atoms with E-state index in [0.717, 1.165) is 24.3 Å². The summed E-state index contributed by atoms with van der Waals surface area (Å²) in [5, 5.41) is 11.3. The van der Waals surface area contributed by atoms with Crippen molar-refractivity contribution < 1.29 is 9.15 Å². The number of nitrogens with zero attached hydrogens (tertiary/aromatic N) is 3. The van der Waals surface area contributed by atoms with Gasteiger partial charge in [-0.15, -0.1) is 5.10 Å². The van der Waals surface area contributed by atoms with E-state index in [1.165, 1.54) is 4.68 Å². The minimum atomic E-state index is 0.399. The molecule has 0 aliphatic rings. The number of aromatic nitrogens is 3. The van der Waals surface area contributed by atoms with Gasteiger partial charge in [0.1, 0.15) is 5.75 Å². The molecule has 0 saturated heterocycles. The Kier molecular flexibility index (Phi) is 5.45. The number of benzene rings is 1. The molecule has 0 aliphatic carbocycles. The Morgan fingerprint density at radius 2 is 2.12 bits per heavy atom. The summed E-state index contributed by atoms with van der Waals surface area (Å²) < 4.78 is 13.0. The monoisotopic (exact) mass is 356 g/mol. The maximum atomic E-state index is 5.72. The fourth-order valence-corrected chi connectivity index (χ4v) is 2.33. The van der Waals surface area contributed by atoms with Crippen LogP contribution in [0.1, 0.15) is 25.8 Å². The van der Waals surface area contributed by atoms with E-state index >= 15 is 0 Å². The fraction of sp³-hybridized carbons (Fsp3) is 0.278. The molecule has 0 unspecified atom stereocenters. The van der Waals surface area contributed by atoms with Crippen molar-refractivity contribution in [2.24, 2.45) is 11.0 Å². The van der Waals surface area contributed by atoms with Crippen molar-refractivity contribution >= 4 is 18.4 Å². The quantitative estimate of drug-likeness (QED) is 0.500. The van der Waals surface area contributed by atoms with Gasteiger partial charge in [-0.05, 0) is 66.5 Å². The standard InChI is InChI=1S/C18H20N4O2S/c1-13(2)9-11-23-15-7-5-14(6-8-15)12-19-22-17(20-21-18(22)25)16-4-3-10-24-16/h3-8,10,12-13H,9,11H2,1-2H3,(H,21,25)/b19-12-. The lowest BCUT2D eigenvalue weighted by molar-refractivity contribution is 0.289. The Bertz CT molecular complexity index is 877. The molecule has 6 nitrogen and oxygen atoms in total. The second-order valence-electron chi connectivity index (χ2n) is 5.99. The van der Waals surface area contributed by atoms with Gasteiger partial charge in [-0.25, -0.2) is 5.10 Å². The lowest BCUT2D eigenvalue weighted by atomic mass is 10.1. The van der Waals surface area contributed by atoms with Crippen LogP contribution in [0, 0.1) is 10.7 Å². The first-order chi connectivity index (χ1) is 12.1. The molecule has 0 spiro atoms. The summed E-state index contributed by atoms with van der Waals surface area (Å²) in [6.07, 6.45) is 4.34. The Morgan fingerprint density at radius 3 is 2.80 bits per heavy atom. The summed E-state index contributed by atoms with van der Waals surface area (Å²) in [6, 6.07) is 11.4. The Labute approximate surface area is 151 Å². The van der Waals surface area contributed by atoms with Crippen molar-refractivity contribution in [3.05, 3.63) is 53.0 Å². The molecule has 0 fully saturated rings. The van der Waals surface area contributed by atoms with Crippen LogP contribution in [0.15, 0.2) is 52.2 Å². The van der Waals surface area contributed by atoms with E-state index in [1.807, 2.05) is 24.3 Å². The van der Waals surface area contributed by atoms with E-state index in [1.54, 1.807) is 24.6 Å². The molecular formula is C18H20N4O2S. The van der Waals surface area contributed by atoms with Crippen LogP contribution in [0.4, 0.5) is 0 Å². The van der Waals surface area contributed by atoms with Gasteiger partial charge in [0.25, 0.3) is 0 Å². The average Bonchev–Trinajstić information content (AvgIpc) is 3.23. The molecular weight excluding hydrogens is 336 g/mol. The third-order valence-electron chi connectivity index (χ3n) is 3.56. The molecule has 0 aliphatic heterocycles. The first kappa shape index (κ1) is 17.2. The molecule has 0 saturated carbocycles. The first-order valence-electron chi connectivity index (χ1n) is 8.12. The highest BCUT2D eigenvalue weighted by Gasteiger charge is 2.10. The Balaban J connectivity index is 1.71. The van der Waals surface area contributed by atoms with Gasteiger partial charge in [0.15, 0.2) is 5.76 Å². The highest BCUT2D eigenvalue weighted by Crippen LogP contribution is 2.17. The zero-order valence-electron chi connectivity index (χ0n) is 14.2. The number of rotatable bonds is 7. The maximum absolute atomic E-state index is 5.72. The number of aromatic amines is 1. The molecule has 2 aromatic heterocycles. The molecule has 0 atom stereocenters. The predicted octanol–water partition coefficient (Wildman–Crippen LogP) is 4.51. The van der Waals surface area contributed by atoms with Gasteiger partial charge in [-0.3, -0.25) is 0 Å². The Morgan fingerprint density at radius 1 is 1.32 bits per heavy atom. The van der Waals surface area contributed by atoms with Crippen LogP contribution < -0.4 is 4.74 Å². The van der Waals surface area contributed by atoms with Gasteiger partial charge in [0.2, 0.25) is 10.6 Å². The SMILES string of the molecule is CC(C)CCOc1ccc(/C=N\n2c(-c3ccco3)n[nH]c2=S)cc1. The van der Waals surface area contributed by atoms with Crippen molar-refractivity contribution in [1.82, 2.24) is 14.9 Å². The summed E-state index contributed by atoms with van der Waals surface area (Å²) in [7, 11) is 0. The van der Waals surface area contributed by atoms with Crippen LogP contribution >= 0.6 is 12.2 Å². The van der Waals surface area contributed by atoms with Crippen LogP contribution in [0.25, 0.3) is 11.6 Å². The second-order valence-corrected chi connectivity index (χ2v) is 6.37. The van der Waals surface area contributed by atoms with Crippen LogP contribution in [-0.4, -0.2) is 27.7 Å². The fourth-order valence-electron chi connectivity index (χ4n) is 2.15. The van der Waals surface area contributed by atoms with Gasteiger partial charge >= 0.3 is 0 Å². The minimum Gasteiger partial charge on any atom is -0.494 e. The second kappa shape index (κ2) is 7.94. The smallest absolute Gasteiger partial charge is 0.219 e. The topological polar surface area (TPSA) is 68.3 Å². The lowest BCUT2D eigenvalue weighted by Crippen LogP contribution is -2.01. The number of hydrogen-bond acceptors (Lipinski definition) is 5. The van der Waals surface area contributed by atoms with Crippen molar-refractivity contribution in [2.75, 3.05) is 6.61 Å². The molecule has 7 heteroatoms. The molecule has 2 heterocycles. The van der Waals surface area contributed by atoms with Crippen molar-refractivity contribution in [3.8, 4) is 17.3 Å². The molecule has 1 aromatic carbocycles. The van der Waals surface area contributed by atoms with E-state index in [9.17, 15) is 0 Å². The van der Waals surface area contributed by atoms with E-state index in [2.05, 4.69) is 29.1 Å². The molecule has 25 heavy (non-hydrogen) atoms. The number of furan rings is 1. The van der Waals surface area contributed by atoms with E-state index < -0.39 is 0 Å². The summed E-state index contributed by atoms with van der Waals surface area (Å²) in [5.41, 5.74) is 0.935. The summed E-state index contributed by atoms with van der Waals surface area (Å²) in [6.45, 7) is 5.09. The zero-order chi connectivity index (χ0) is 17.6. The van der Waals surface area contributed by atoms with Gasteiger partial charge in [-0.2, -0.15) is 9.78 Å². The molecule has 0 bridgehead atoms. The van der Waals surface area contributed by atoms with Crippen molar-refractivity contribution in [1.29, 1.82) is 0 Å². The Hall–Kier alpha value is -2.67. The van der Waals surface area contributed by atoms with Gasteiger partial charge in [-0.1, -0.05) is 13.8 Å². The van der Waals surface area contributed by atoms with E-state index in [4.69, 9.17) is 21.4 Å². The normalized spacial score (nSPS) is 11.5. The lowest BCUT2D eigenvalue weighted by Gasteiger charge is -2.07. The van der Waals surface area contributed by atoms with Crippen LogP contribution in [-0.2, 0) is 0 Å². The number of hydrogen-bond donors (Lipinski definition) is 1. The highest BCUT2D eigenvalue weighted by atomic mass is 32.1. The third kappa shape index (κ3) is 4.45. The van der Waals surface area contributed by atoms with Crippen LogP contribution in [0.3, 0.4) is 0 Å². The maximum Gasteiger partial charge on any atom is 0.219 e. The molecule has 0 amide bonds.